The molecule has 6 aromatic carbocycles. The maximum atomic E-state index is 2.39. The molecule has 2 nitrogen and oxygen atoms in total. The fourth-order valence-corrected chi connectivity index (χ4v) is 6.07. The Balaban J connectivity index is 1.22. The van der Waals surface area contributed by atoms with E-state index in [0.717, 1.165) is 17.8 Å². The van der Waals surface area contributed by atoms with Crippen LogP contribution >= 0.6 is 0 Å². The third-order valence-electron chi connectivity index (χ3n) is 8.57. The van der Waals surface area contributed by atoms with Crippen LogP contribution in [-0.4, -0.2) is 7.05 Å². The van der Waals surface area contributed by atoms with E-state index in [2.05, 4.69) is 194 Å². The Kier molecular flexibility index (Phi) is 7.87. The Morgan fingerprint density at radius 3 is 1.89 bits per heavy atom. The van der Waals surface area contributed by atoms with E-state index in [1.807, 2.05) is 0 Å². The Labute approximate surface area is 266 Å². The number of hydrogen-bond donors (Lipinski definition) is 0. The average molecular weight is 581 g/mol. The molecule has 0 spiro atoms. The van der Waals surface area contributed by atoms with E-state index in [4.69, 9.17) is 0 Å². The quantitative estimate of drug-likeness (QED) is 0.185. The van der Waals surface area contributed by atoms with E-state index in [0.29, 0.717) is 0 Å². The Hall–Kier alpha value is -5.60. The van der Waals surface area contributed by atoms with E-state index in [1.165, 1.54) is 55.7 Å². The largest absolute Gasteiger partial charge is 0.345 e. The molecule has 0 atom stereocenters. The molecule has 0 bridgehead atoms. The molecule has 0 N–H and O–H groups in total. The fraction of sp³-hybridized carbons (Fsp3) is 0.0698. The highest BCUT2D eigenvalue weighted by Crippen LogP contribution is 2.36. The zero-order valence-corrected chi connectivity index (χ0v) is 25.8. The smallest absolute Gasteiger partial charge is 0.0464 e. The van der Waals surface area contributed by atoms with E-state index in [1.54, 1.807) is 0 Å². The highest BCUT2D eigenvalue weighted by atomic mass is 15.1. The van der Waals surface area contributed by atoms with Crippen LogP contribution in [-0.2, 0) is 0 Å². The minimum absolute atomic E-state index is 0.831. The summed E-state index contributed by atoms with van der Waals surface area (Å²) in [4.78, 5) is 4.62. The molecule has 0 saturated heterocycles. The van der Waals surface area contributed by atoms with Gasteiger partial charge in [-0.3, -0.25) is 0 Å². The fourth-order valence-electron chi connectivity index (χ4n) is 6.07. The molecule has 0 amide bonds. The first-order valence-electron chi connectivity index (χ1n) is 15.5. The lowest BCUT2D eigenvalue weighted by Gasteiger charge is -2.28. The summed E-state index contributed by atoms with van der Waals surface area (Å²) < 4.78 is 0. The van der Waals surface area contributed by atoms with Gasteiger partial charge in [0.05, 0.1) is 0 Å². The number of rotatable bonds is 7. The van der Waals surface area contributed by atoms with Gasteiger partial charge in [-0.05, 0) is 100 Å². The number of fused-ring (bicyclic) bond motifs is 1. The van der Waals surface area contributed by atoms with Crippen molar-refractivity contribution in [2.24, 2.45) is 0 Å². The van der Waals surface area contributed by atoms with Gasteiger partial charge < -0.3 is 9.80 Å². The summed E-state index contributed by atoms with van der Waals surface area (Å²) in [7, 11) is 2.12. The standard InChI is InChI=1S/C43H36N2/c1-32-10-8-17-42(30-32)44(2)39-24-18-36(19-25-39)37-21-27-41(28-22-37)45(43-29-23-35-13-6-7-14-38(35)31-43)40-16-9-15-34(20-26-40)33-11-4-3-5-12-33/h3-15,17-31H,16H2,1-2H3. The normalized spacial score (nSPS) is 12.8. The first kappa shape index (κ1) is 28.2. The lowest BCUT2D eigenvalue weighted by atomic mass is 10.0. The molecule has 0 aliphatic heterocycles. The molecule has 0 fully saturated rings. The zero-order valence-electron chi connectivity index (χ0n) is 25.8. The summed E-state index contributed by atoms with van der Waals surface area (Å²) in [6.45, 7) is 2.13. The molecule has 1 aliphatic rings. The van der Waals surface area contributed by atoms with Crippen molar-refractivity contribution in [2.75, 3.05) is 16.8 Å². The Bertz CT molecular complexity index is 2030. The minimum atomic E-state index is 0.831. The molecule has 0 saturated carbocycles. The van der Waals surface area contributed by atoms with Gasteiger partial charge in [0, 0.05) is 41.9 Å². The molecule has 0 heterocycles. The molecule has 0 radical (unpaired) electrons. The number of nitrogens with zero attached hydrogens (tertiary/aromatic N) is 2. The van der Waals surface area contributed by atoms with E-state index >= 15 is 0 Å². The molecule has 1 aliphatic carbocycles. The van der Waals surface area contributed by atoms with Crippen molar-refractivity contribution < 1.29 is 0 Å². The predicted octanol–water partition coefficient (Wildman–Crippen LogP) is 11.6. The highest BCUT2D eigenvalue weighted by Gasteiger charge is 2.16. The van der Waals surface area contributed by atoms with Crippen LogP contribution in [0.4, 0.5) is 22.7 Å². The van der Waals surface area contributed by atoms with Crippen molar-refractivity contribution in [2.45, 2.75) is 13.3 Å². The summed E-state index contributed by atoms with van der Waals surface area (Å²) >= 11 is 0. The van der Waals surface area contributed by atoms with Crippen molar-refractivity contribution in [3.8, 4) is 11.1 Å². The summed E-state index contributed by atoms with van der Waals surface area (Å²) in [6.07, 6.45) is 9.86. The van der Waals surface area contributed by atoms with Crippen LogP contribution in [0.3, 0.4) is 0 Å². The van der Waals surface area contributed by atoms with Gasteiger partial charge in [-0.1, -0.05) is 115 Å². The van der Waals surface area contributed by atoms with Crippen molar-refractivity contribution in [3.05, 3.63) is 187 Å². The molecule has 0 aromatic heterocycles. The summed E-state index contributed by atoms with van der Waals surface area (Å²) in [6, 6.07) is 52.3. The molecule has 45 heavy (non-hydrogen) atoms. The molecule has 6 aromatic rings. The van der Waals surface area contributed by atoms with Crippen LogP contribution in [0.15, 0.2) is 176 Å². The molecular weight excluding hydrogens is 544 g/mol. The van der Waals surface area contributed by atoms with Gasteiger partial charge in [-0.2, -0.15) is 0 Å². The van der Waals surface area contributed by atoms with Gasteiger partial charge in [0.25, 0.3) is 0 Å². The molecular formula is C43H36N2. The Morgan fingerprint density at radius 1 is 0.489 bits per heavy atom. The second-order valence-corrected chi connectivity index (χ2v) is 11.6. The molecule has 0 unspecified atom stereocenters. The van der Waals surface area contributed by atoms with Crippen LogP contribution in [0.5, 0.6) is 0 Å². The van der Waals surface area contributed by atoms with Crippen LogP contribution in [0.1, 0.15) is 17.5 Å². The number of allylic oxidation sites excluding steroid dienone is 5. The van der Waals surface area contributed by atoms with Gasteiger partial charge in [0.15, 0.2) is 0 Å². The maximum Gasteiger partial charge on any atom is 0.0464 e. The van der Waals surface area contributed by atoms with Crippen LogP contribution in [0, 0.1) is 6.92 Å². The average Bonchev–Trinajstić information content (AvgIpc) is 3.35. The first-order chi connectivity index (χ1) is 22.1. The first-order valence-corrected chi connectivity index (χ1v) is 15.5. The molecule has 2 heteroatoms. The monoisotopic (exact) mass is 580 g/mol. The van der Waals surface area contributed by atoms with Gasteiger partial charge in [-0.25, -0.2) is 0 Å². The second kappa shape index (κ2) is 12.6. The van der Waals surface area contributed by atoms with E-state index in [-0.39, 0.29) is 0 Å². The van der Waals surface area contributed by atoms with Crippen LogP contribution < -0.4 is 9.80 Å². The van der Waals surface area contributed by atoms with Gasteiger partial charge in [0.1, 0.15) is 0 Å². The van der Waals surface area contributed by atoms with Gasteiger partial charge >= 0.3 is 0 Å². The van der Waals surface area contributed by atoms with Gasteiger partial charge in [-0.15, -0.1) is 0 Å². The van der Waals surface area contributed by atoms with Crippen molar-refractivity contribution in [3.63, 3.8) is 0 Å². The SMILES string of the molecule is Cc1cccc(N(C)c2ccc(-c3ccc(N(C4=CC=C(c5ccccc5)C=CC4)c4ccc5ccccc5c4)cc3)cc2)c1. The zero-order chi connectivity index (χ0) is 30.6. The molecule has 7 rings (SSSR count). The lowest BCUT2D eigenvalue weighted by molar-refractivity contribution is 1.08. The number of benzene rings is 6. The van der Waals surface area contributed by atoms with Crippen molar-refractivity contribution >= 4 is 39.1 Å². The van der Waals surface area contributed by atoms with Crippen molar-refractivity contribution in [1.29, 1.82) is 0 Å². The number of anilines is 4. The topological polar surface area (TPSA) is 6.48 Å². The van der Waals surface area contributed by atoms with Crippen LogP contribution in [0.2, 0.25) is 0 Å². The number of hydrogen-bond acceptors (Lipinski definition) is 2. The highest BCUT2D eigenvalue weighted by molar-refractivity contribution is 5.88. The Morgan fingerprint density at radius 2 is 1.16 bits per heavy atom. The van der Waals surface area contributed by atoms with Crippen LogP contribution in [0.25, 0.3) is 27.5 Å². The summed E-state index contributed by atoms with van der Waals surface area (Å²) in [5.74, 6) is 0. The minimum Gasteiger partial charge on any atom is -0.345 e. The second-order valence-electron chi connectivity index (χ2n) is 11.6. The van der Waals surface area contributed by atoms with E-state index < -0.39 is 0 Å². The number of aryl methyl sites for hydroxylation is 1. The summed E-state index contributed by atoms with van der Waals surface area (Å²) in [5, 5.41) is 2.48. The summed E-state index contributed by atoms with van der Waals surface area (Å²) in [5.41, 5.74) is 12.0. The van der Waals surface area contributed by atoms with Gasteiger partial charge in [0.2, 0.25) is 0 Å². The predicted molar refractivity (Wildman–Crippen MR) is 193 cm³/mol. The third-order valence-corrected chi connectivity index (χ3v) is 8.57. The molecule has 218 valence electrons. The van der Waals surface area contributed by atoms with Crippen molar-refractivity contribution in [1.82, 2.24) is 0 Å². The van der Waals surface area contributed by atoms with E-state index in [9.17, 15) is 0 Å². The lowest BCUT2D eigenvalue weighted by Crippen LogP contribution is -2.16. The third kappa shape index (κ3) is 6.09. The maximum absolute atomic E-state index is 2.39.